The van der Waals surface area contributed by atoms with Gasteiger partial charge in [-0.05, 0) is 50.5 Å². The number of nitrogens with zero attached hydrogens (tertiary/aromatic N) is 1. The molecule has 1 aliphatic rings. The second kappa shape index (κ2) is 10.5. The molecule has 1 aromatic rings. The lowest BCUT2D eigenvalue weighted by atomic mass is 9.83. The van der Waals surface area contributed by atoms with E-state index in [0.29, 0.717) is 24.3 Å². The summed E-state index contributed by atoms with van der Waals surface area (Å²) in [5.41, 5.74) is -0.112. The molecule has 156 valence electrons. The minimum absolute atomic E-state index is 0.0141. The third kappa shape index (κ3) is 6.83. The van der Waals surface area contributed by atoms with Crippen LogP contribution >= 0.6 is 0 Å². The molecule has 0 unspecified atom stereocenters. The molecule has 0 atom stereocenters. The normalized spacial score (nSPS) is 15.6. The van der Waals surface area contributed by atoms with Crippen LogP contribution in [0.4, 0.5) is 0 Å². The highest BCUT2D eigenvalue weighted by Gasteiger charge is 2.33. The molecule has 1 saturated carbocycles. The Morgan fingerprint density at radius 1 is 1.24 bits per heavy atom. The van der Waals surface area contributed by atoms with Crippen molar-refractivity contribution in [1.82, 2.24) is 5.32 Å². The number of carbonyl (C=O) groups excluding carboxylic acids is 2. The van der Waals surface area contributed by atoms with Crippen LogP contribution in [0.25, 0.3) is 6.08 Å². The highest BCUT2D eigenvalue weighted by Crippen LogP contribution is 2.29. The van der Waals surface area contributed by atoms with Crippen molar-refractivity contribution in [2.75, 3.05) is 13.7 Å². The van der Waals surface area contributed by atoms with Crippen LogP contribution in [0.2, 0.25) is 0 Å². The molecule has 1 aromatic carbocycles. The summed E-state index contributed by atoms with van der Waals surface area (Å²) in [5, 5.41) is 12.1. The van der Waals surface area contributed by atoms with E-state index in [1.54, 1.807) is 31.4 Å². The Labute approximate surface area is 171 Å². The lowest BCUT2D eigenvalue weighted by Crippen LogP contribution is -2.49. The number of amides is 1. The van der Waals surface area contributed by atoms with Gasteiger partial charge in [-0.3, -0.25) is 4.79 Å². The van der Waals surface area contributed by atoms with Crippen molar-refractivity contribution >= 4 is 18.0 Å². The van der Waals surface area contributed by atoms with Gasteiger partial charge in [0.25, 0.3) is 5.91 Å². The SMILES string of the molecule is COc1cc(/C=C/C(=O)OCC(=O)NC2(C#N)CCCCC2)ccc1OC(C)C. The third-order valence-electron chi connectivity index (χ3n) is 4.61. The van der Waals surface area contributed by atoms with Crippen molar-refractivity contribution in [2.24, 2.45) is 0 Å². The van der Waals surface area contributed by atoms with Gasteiger partial charge in [0, 0.05) is 6.08 Å². The van der Waals surface area contributed by atoms with Gasteiger partial charge in [-0.2, -0.15) is 5.26 Å². The molecule has 0 saturated heterocycles. The van der Waals surface area contributed by atoms with Gasteiger partial charge in [0.05, 0.1) is 19.3 Å². The van der Waals surface area contributed by atoms with Crippen molar-refractivity contribution < 1.29 is 23.8 Å². The van der Waals surface area contributed by atoms with E-state index in [1.165, 1.54) is 6.08 Å². The minimum atomic E-state index is -0.839. The molecule has 29 heavy (non-hydrogen) atoms. The topological polar surface area (TPSA) is 97.6 Å². The number of ether oxygens (including phenoxy) is 3. The summed E-state index contributed by atoms with van der Waals surface area (Å²) in [6.45, 7) is 3.43. The molecule has 7 nitrogen and oxygen atoms in total. The highest BCUT2D eigenvalue weighted by atomic mass is 16.5. The smallest absolute Gasteiger partial charge is 0.331 e. The second-order valence-corrected chi connectivity index (χ2v) is 7.32. The first kappa shape index (κ1) is 22.3. The van der Waals surface area contributed by atoms with Crippen LogP contribution < -0.4 is 14.8 Å². The third-order valence-corrected chi connectivity index (χ3v) is 4.61. The van der Waals surface area contributed by atoms with Gasteiger partial charge in [0.1, 0.15) is 5.54 Å². The Bertz CT molecular complexity index is 789. The Kier molecular flexibility index (Phi) is 8.08. The summed E-state index contributed by atoms with van der Waals surface area (Å²) in [5.74, 6) is 0.0687. The summed E-state index contributed by atoms with van der Waals surface area (Å²) in [6.07, 6.45) is 6.95. The van der Waals surface area contributed by atoms with Crippen LogP contribution in [-0.4, -0.2) is 37.2 Å². The molecule has 0 radical (unpaired) electrons. The van der Waals surface area contributed by atoms with Crippen molar-refractivity contribution in [1.29, 1.82) is 5.26 Å². The fraction of sp³-hybridized carbons (Fsp3) is 0.500. The molecule has 1 aliphatic carbocycles. The Balaban J connectivity index is 1.87. The number of carbonyl (C=O) groups is 2. The van der Waals surface area contributed by atoms with Crippen LogP contribution in [-0.2, 0) is 14.3 Å². The number of methoxy groups -OCH3 is 1. The van der Waals surface area contributed by atoms with Gasteiger partial charge in [0.2, 0.25) is 0 Å². The van der Waals surface area contributed by atoms with E-state index >= 15 is 0 Å². The van der Waals surface area contributed by atoms with E-state index in [4.69, 9.17) is 14.2 Å². The lowest BCUT2D eigenvalue weighted by molar-refractivity contribution is -0.144. The fourth-order valence-electron chi connectivity index (χ4n) is 3.21. The van der Waals surface area contributed by atoms with E-state index in [9.17, 15) is 14.9 Å². The molecule has 0 aliphatic heterocycles. The molecule has 2 rings (SSSR count). The van der Waals surface area contributed by atoms with Crippen molar-refractivity contribution in [3.8, 4) is 17.6 Å². The Hall–Kier alpha value is -3.01. The van der Waals surface area contributed by atoms with Gasteiger partial charge in [-0.1, -0.05) is 25.3 Å². The number of hydrogen-bond acceptors (Lipinski definition) is 6. The molecule has 1 N–H and O–H groups in total. The maximum Gasteiger partial charge on any atom is 0.331 e. The zero-order valence-corrected chi connectivity index (χ0v) is 17.2. The molecule has 0 spiro atoms. The van der Waals surface area contributed by atoms with Crippen LogP contribution in [0, 0.1) is 11.3 Å². The molecular formula is C22H28N2O5. The molecule has 0 heterocycles. The first-order chi connectivity index (χ1) is 13.9. The Morgan fingerprint density at radius 2 is 1.97 bits per heavy atom. The van der Waals surface area contributed by atoms with Gasteiger partial charge in [0.15, 0.2) is 18.1 Å². The average molecular weight is 400 g/mol. The van der Waals surface area contributed by atoms with Crippen molar-refractivity contribution in [2.45, 2.75) is 57.6 Å². The summed E-state index contributed by atoms with van der Waals surface area (Å²) in [6, 6.07) is 7.50. The van der Waals surface area contributed by atoms with Gasteiger partial charge in [-0.25, -0.2) is 4.79 Å². The van der Waals surface area contributed by atoms with E-state index in [0.717, 1.165) is 24.8 Å². The molecule has 1 fully saturated rings. The largest absolute Gasteiger partial charge is 0.493 e. The Morgan fingerprint density at radius 3 is 2.59 bits per heavy atom. The number of nitriles is 1. The monoisotopic (exact) mass is 400 g/mol. The number of rotatable bonds is 8. The first-order valence-corrected chi connectivity index (χ1v) is 9.79. The van der Waals surface area contributed by atoms with E-state index in [-0.39, 0.29) is 6.10 Å². The lowest BCUT2D eigenvalue weighted by Gasteiger charge is -2.31. The quantitative estimate of drug-likeness (QED) is 0.531. The molecule has 1 amide bonds. The zero-order valence-electron chi connectivity index (χ0n) is 17.2. The van der Waals surface area contributed by atoms with Crippen LogP contribution in [0.5, 0.6) is 11.5 Å². The van der Waals surface area contributed by atoms with Crippen LogP contribution in [0.3, 0.4) is 0 Å². The number of hydrogen-bond donors (Lipinski definition) is 1. The molecule has 7 heteroatoms. The maximum absolute atomic E-state index is 12.1. The van der Waals surface area contributed by atoms with Crippen LogP contribution in [0.1, 0.15) is 51.5 Å². The van der Waals surface area contributed by atoms with Crippen LogP contribution in [0.15, 0.2) is 24.3 Å². The summed E-state index contributed by atoms with van der Waals surface area (Å²) in [7, 11) is 1.54. The average Bonchev–Trinajstić information content (AvgIpc) is 2.71. The number of esters is 1. The molecule has 0 bridgehead atoms. The first-order valence-electron chi connectivity index (χ1n) is 9.79. The van der Waals surface area contributed by atoms with Gasteiger partial charge in [-0.15, -0.1) is 0 Å². The van der Waals surface area contributed by atoms with E-state index in [2.05, 4.69) is 11.4 Å². The van der Waals surface area contributed by atoms with Gasteiger partial charge < -0.3 is 19.5 Å². The number of nitrogens with one attached hydrogen (secondary N) is 1. The second-order valence-electron chi connectivity index (χ2n) is 7.32. The molecule has 0 aromatic heterocycles. The van der Waals surface area contributed by atoms with Crippen molar-refractivity contribution in [3.63, 3.8) is 0 Å². The molecular weight excluding hydrogens is 372 g/mol. The van der Waals surface area contributed by atoms with Crippen molar-refractivity contribution in [3.05, 3.63) is 29.8 Å². The van der Waals surface area contributed by atoms with E-state index in [1.807, 2.05) is 13.8 Å². The summed E-state index contributed by atoms with van der Waals surface area (Å²) in [4.78, 5) is 24.0. The fourth-order valence-corrected chi connectivity index (χ4v) is 3.21. The minimum Gasteiger partial charge on any atom is -0.493 e. The highest BCUT2D eigenvalue weighted by molar-refractivity contribution is 5.89. The maximum atomic E-state index is 12.1. The summed E-state index contributed by atoms with van der Waals surface area (Å²) >= 11 is 0. The van der Waals surface area contributed by atoms with E-state index < -0.39 is 24.0 Å². The summed E-state index contributed by atoms with van der Waals surface area (Å²) < 4.78 is 16.0. The van der Waals surface area contributed by atoms with Gasteiger partial charge >= 0.3 is 5.97 Å². The predicted octanol–water partition coefficient (Wildman–Crippen LogP) is 3.38. The zero-order chi connectivity index (χ0) is 21.3. The predicted molar refractivity (Wildman–Crippen MR) is 108 cm³/mol. The number of benzene rings is 1. The standard InChI is InChI=1S/C22H28N2O5/c1-16(2)29-18-9-7-17(13-19(18)27-3)8-10-21(26)28-14-20(25)24-22(15-23)11-5-4-6-12-22/h7-10,13,16H,4-6,11-12,14H2,1-3H3,(H,24,25)/b10-8+.